The van der Waals surface area contributed by atoms with Gasteiger partial charge in [0.25, 0.3) is 0 Å². The summed E-state index contributed by atoms with van der Waals surface area (Å²) in [5.74, 6) is -1.46. The molecule has 2 N–H and O–H groups in total. The zero-order chi connectivity index (χ0) is 12.1. The highest BCUT2D eigenvalue weighted by Gasteiger charge is 2.22. The average Bonchev–Trinajstić information content (AvgIpc) is 1.99. The van der Waals surface area contributed by atoms with Gasteiger partial charge < -0.3 is 15.2 Å². The predicted molar refractivity (Wildman–Crippen MR) is 49.9 cm³/mol. The molecule has 0 aromatic rings. The topological polar surface area (TPSA) is 124 Å². The van der Waals surface area contributed by atoms with Gasteiger partial charge in [0.15, 0.2) is 0 Å². The van der Waals surface area contributed by atoms with Gasteiger partial charge in [0.1, 0.15) is 5.60 Å². The molecule has 8 heteroatoms. The predicted octanol–water partition coefficient (Wildman–Crippen LogP) is 1.23. The average molecular weight is 216 g/mol. The van der Waals surface area contributed by atoms with Crippen LogP contribution in [0.5, 0.6) is 0 Å². The van der Waals surface area contributed by atoms with E-state index in [1.807, 2.05) is 5.32 Å². The SMILES string of the molecule is CC(C)(C)OC(=O)NC(N=[N+]=[N-])C(=O)O. The van der Waals surface area contributed by atoms with Crippen molar-refractivity contribution < 1.29 is 19.4 Å². The molecule has 84 valence electrons. The number of alkyl carbamates (subject to hydrolysis) is 1. The first-order chi connectivity index (χ1) is 6.76. The molecule has 1 unspecified atom stereocenters. The van der Waals surface area contributed by atoms with Crippen molar-refractivity contribution in [3.63, 3.8) is 0 Å². The van der Waals surface area contributed by atoms with E-state index in [0.717, 1.165) is 0 Å². The molecule has 0 radical (unpaired) electrons. The fourth-order valence-corrected chi connectivity index (χ4v) is 0.611. The maximum Gasteiger partial charge on any atom is 0.408 e. The molecule has 0 fully saturated rings. The van der Waals surface area contributed by atoms with Gasteiger partial charge in [0.05, 0.1) is 0 Å². The largest absolute Gasteiger partial charge is 0.480 e. The quantitative estimate of drug-likeness (QED) is 0.418. The van der Waals surface area contributed by atoms with Crippen LogP contribution >= 0.6 is 0 Å². The Bertz CT molecular complexity index is 301. The number of azide groups is 1. The number of carboxylic acid groups (broad SMARTS) is 1. The van der Waals surface area contributed by atoms with Crippen molar-refractivity contribution in [3.05, 3.63) is 10.4 Å². The number of amides is 1. The van der Waals surface area contributed by atoms with Gasteiger partial charge in [-0.15, -0.1) is 0 Å². The van der Waals surface area contributed by atoms with Gasteiger partial charge in [-0.3, -0.25) is 0 Å². The van der Waals surface area contributed by atoms with E-state index >= 15 is 0 Å². The van der Waals surface area contributed by atoms with E-state index in [0.29, 0.717) is 0 Å². The van der Waals surface area contributed by atoms with E-state index in [9.17, 15) is 9.59 Å². The zero-order valence-electron chi connectivity index (χ0n) is 8.59. The molecular weight excluding hydrogens is 204 g/mol. The molecule has 1 atom stereocenters. The van der Waals surface area contributed by atoms with Crippen LogP contribution in [0.2, 0.25) is 0 Å². The highest BCUT2D eigenvalue weighted by molar-refractivity contribution is 5.79. The van der Waals surface area contributed by atoms with Gasteiger partial charge in [-0.2, -0.15) is 0 Å². The van der Waals surface area contributed by atoms with Crippen LogP contribution < -0.4 is 5.32 Å². The Hall–Kier alpha value is -1.95. The molecule has 0 saturated carbocycles. The highest BCUT2D eigenvalue weighted by Crippen LogP contribution is 2.06. The van der Waals surface area contributed by atoms with Crippen molar-refractivity contribution in [2.24, 2.45) is 5.11 Å². The first kappa shape index (κ1) is 13.1. The minimum Gasteiger partial charge on any atom is -0.480 e. The zero-order valence-corrected chi connectivity index (χ0v) is 8.59. The van der Waals surface area contributed by atoms with E-state index in [1.54, 1.807) is 20.8 Å². The van der Waals surface area contributed by atoms with Crippen LogP contribution in [0.15, 0.2) is 5.11 Å². The van der Waals surface area contributed by atoms with E-state index in [2.05, 4.69) is 10.0 Å². The molecule has 0 aromatic heterocycles. The highest BCUT2D eigenvalue weighted by atomic mass is 16.6. The second-order valence-corrected chi connectivity index (χ2v) is 3.59. The molecule has 0 bridgehead atoms. The van der Waals surface area contributed by atoms with E-state index in [-0.39, 0.29) is 0 Å². The standard InChI is InChI=1S/C7H12N4O4/c1-7(2,3)15-6(14)9-4(5(12)13)10-11-8/h4H,1-3H3,(H,9,14)(H,12,13). The number of carboxylic acids is 1. The van der Waals surface area contributed by atoms with E-state index in [4.69, 9.17) is 15.4 Å². The van der Waals surface area contributed by atoms with Crippen molar-refractivity contribution in [2.45, 2.75) is 32.5 Å². The number of ether oxygens (including phenoxy) is 1. The van der Waals surface area contributed by atoms with Gasteiger partial charge >= 0.3 is 12.1 Å². The van der Waals surface area contributed by atoms with Crippen molar-refractivity contribution in [3.8, 4) is 0 Å². The smallest absolute Gasteiger partial charge is 0.408 e. The summed E-state index contributed by atoms with van der Waals surface area (Å²) < 4.78 is 4.77. The van der Waals surface area contributed by atoms with Crippen LogP contribution in [0.4, 0.5) is 4.79 Å². The fraction of sp³-hybridized carbons (Fsp3) is 0.714. The minimum atomic E-state index is -1.66. The van der Waals surface area contributed by atoms with Gasteiger partial charge in [-0.25, -0.2) is 9.59 Å². The van der Waals surface area contributed by atoms with Crippen molar-refractivity contribution >= 4 is 12.1 Å². The summed E-state index contributed by atoms with van der Waals surface area (Å²) in [4.78, 5) is 23.8. The number of hydrogen-bond donors (Lipinski definition) is 2. The van der Waals surface area contributed by atoms with Gasteiger partial charge in [-0.05, 0) is 26.3 Å². The molecule has 15 heavy (non-hydrogen) atoms. The third kappa shape index (κ3) is 6.17. The number of carbonyl (C=O) groups is 2. The van der Waals surface area contributed by atoms with Crippen molar-refractivity contribution in [1.82, 2.24) is 5.32 Å². The first-order valence-corrected chi connectivity index (χ1v) is 4.03. The molecule has 0 aliphatic rings. The Labute approximate surface area is 85.8 Å². The summed E-state index contributed by atoms with van der Waals surface area (Å²) in [6, 6.07) is 0. The molecule has 1 amide bonds. The lowest BCUT2D eigenvalue weighted by molar-refractivity contribution is -0.139. The number of nitrogens with one attached hydrogen (secondary N) is 1. The van der Waals surface area contributed by atoms with Crippen LogP contribution in [-0.4, -0.2) is 28.9 Å². The molecule has 0 aliphatic carbocycles. The summed E-state index contributed by atoms with van der Waals surface area (Å²) in [6.45, 7) is 4.86. The molecule has 0 heterocycles. The van der Waals surface area contributed by atoms with E-state index < -0.39 is 23.8 Å². The van der Waals surface area contributed by atoms with E-state index in [1.165, 1.54) is 0 Å². The molecular formula is C7H12N4O4. The summed E-state index contributed by atoms with van der Waals surface area (Å²) in [5.41, 5.74) is 7.29. The molecule has 0 aliphatic heterocycles. The maximum atomic E-state index is 11.1. The monoisotopic (exact) mass is 216 g/mol. The summed E-state index contributed by atoms with van der Waals surface area (Å²) in [6.07, 6.45) is -2.62. The molecule has 0 rings (SSSR count). The lowest BCUT2D eigenvalue weighted by atomic mass is 10.2. The lowest BCUT2D eigenvalue weighted by Gasteiger charge is -2.20. The van der Waals surface area contributed by atoms with Crippen molar-refractivity contribution in [1.29, 1.82) is 0 Å². The lowest BCUT2D eigenvalue weighted by Crippen LogP contribution is -2.42. The second kappa shape index (κ2) is 5.06. The Balaban J connectivity index is 4.37. The second-order valence-electron chi connectivity index (χ2n) is 3.59. The Morgan fingerprint density at radius 1 is 1.53 bits per heavy atom. The third-order valence-electron chi connectivity index (χ3n) is 1.05. The molecule has 0 aromatic carbocycles. The normalized spacial score (nSPS) is 12.2. The number of rotatable bonds is 3. The Morgan fingerprint density at radius 2 is 2.07 bits per heavy atom. The van der Waals surface area contributed by atoms with Crippen LogP contribution in [0, 0.1) is 0 Å². The summed E-state index contributed by atoms with van der Waals surface area (Å²) in [5, 5.41) is 13.3. The minimum absolute atomic E-state index is 0.747. The van der Waals surface area contributed by atoms with Crippen molar-refractivity contribution in [2.75, 3.05) is 0 Å². The number of carbonyl (C=O) groups excluding carboxylic acids is 1. The van der Waals surface area contributed by atoms with Crippen LogP contribution in [0.3, 0.4) is 0 Å². The van der Waals surface area contributed by atoms with Crippen LogP contribution in [-0.2, 0) is 9.53 Å². The fourth-order valence-electron chi connectivity index (χ4n) is 0.611. The van der Waals surface area contributed by atoms with Gasteiger partial charge in [0, 0.05) is 4.91 Å². The molecule has 0 saturated heterocycles. The third-order valence-corrected chi connectivity index (χ3v) is 1.05. The van der Waals surface area contributed by atoms with Gasteiger partial charge in [-0.1, -0.05) is 5.11 Å². The molecule has 8 nitrogen and oxygen atoms in total. The summed E-state index contributed by atoms with van der Waals surface area (Å²) >= 11 is 0. The summed E-state index contributed by atoms with van der Waals surface area (Å²) in [7, 11) is 0. The Morgan fingerprint density at radius 3 is 2.40 bits per heavy atom. The van der Waals surface area contributed by atoms with Gasteiger partial charge in [0.2, 0.25) is 6.17 Å². The number of nitrogens with zero attached hydrogens (tertiary/aromatic N) is 3. The Kier molecular flexibility index (Phi) is 4.40. The molecule has 0 spiro atoms. The maximum absolute atomic E-state index is 11.1. The first-order valence-electron chi connectivity index (χ1n) is 4.03. The van der Waals surface area contributed by atoms with Crippen LogP contribution in [0.1, 0.15) is 20.8 Å². The number of hydrogen-bond acceptors (Lipinski definition) is 4. The van der Waals surface area contributed by atoms with Crippen LogP contribution in [0.25, 0.3) is 10.4 Å². The number of aliphatic carboxylic acids is 1.